The first-order chi connectivity index (χ1) is 14.9. The smallest absolute Gasteiger partial charge is 0.316 e. The van der Waals surface area contributed by atoms with E-state index in [0.717, 1.165) is 24.2 Å². The summed E-state index contributed by atoms with van der Waals surface area (Å²) in [5.41, 5.74) is 2.05. The first kappa shape index (κ1) is 21.0. The van der Waals surface area contributed by atoms with Crippen molar-refractivity contribution in [2.75, 3.05) is 30.4 Å². The molecular weight excluding hydrogens is 394 g/mol. The fourth-order valence-electron chi connectivity index (χ4n) is 4.18. The average molecular weight is 424 g/mol. The zero-order valence-electron chi connectivity index (χ0n) is 18.6. The van der Waals surface area contributed by atoms with Gasteiger partial charge < -0.3 is 20.3 Å². The van der Waals surface area contributed by atoms with Crippen molar-refractivity contribution in [2.45, 2.75) is 45.8 Å². The third-order valence-electron chi connectivity index (χ3n) is 5.43. The van der Waals surface area contributed by atoms with Gasteiger partial charge in [0, 0.05) is 54.6 Å². The highest BCUT2D eigenvalue weighted by Crippen LogP contribution is 2.31. The molecule has 2 N–H and O–H groups in total. The van der Waals surface area contributed by atoms with Crippen molar-refractivity contribution < 1.29 is 9.53 Å². The molecule has 1 amide bonds. The van der Waals surface area contributed by atoms with Crippen LogP contribution < -0.4 is 20.3 Å². The van der Waals surface area contributed by atoms with Crippen LogP contribution in [-0.2, 0) is 0 Å². The fourth-order valence-corrected chi connectivity index (χ4v) is 4.18. The van der Waals surface area contributed by atoms with Gasteiger partial charge in [-0.25, -0.2) is 9.67 Å². The molecule has 1 aliphatic heterocycles. The van der Waals surface area contributed by atoms with E-state index in [-0.39, 0.29) is 18.0 Å². The second kappa shape index (κ2) is 8.50. The minimum absolute atomic E-state index is 0.128. The number of piperazine rings is 1. The highest BCUT2D eigenvalue weighted by Gasteiger charge is 2.25. The Hall–Kier alpha value is -3.20. The van der Waals surface area contributed by atoms with Crippen molar-refractivity contribution in [3.63, 3.8) is 0 Å². The molecule has 3 aromatic rings. The van der Waals surface area contributed by atoms with E-state index in [4.69, 9.17) is 4.74 Å². The molecule has 164 valence electrons. The summed E-state index contributed by atoms with van der Waals surface area (Å²) in [7, 11) is 1.52. The minimum atomic E-state index is -0.248. The van der Waals surface area contributed by atoms with Crippen LogP contribution in [-0.4, -0.2) is 57.9 Å². The van der Waals surface area contributed by atoms with E-state index in [1.54, 1.807) is 23.1 Å². The number of rotatable bonds is 5. The van der Waals surface area contributed by atoms with Gasteiger partial charge in [0.25, 0.3) is 5.91 Å². The second-order valence-electron chi connectivity index (χ2n) is 8.33. The number of carbonyl (C=O) groups is 1. The molecule has 1 aromatic carbocycles. The number of ether oxygens (including phenoxy) is 1. The van der Waals surface area contributed by atoms with Gasteiger partial charge in [0.2, 0.25) is 0 Å². The first-order valence-corrected chi connectivity index (χ1v) is 10.6. The van der Waals surface area contributed by atoms with Crippen LogP contribution in [0.1, 0.15) is 44.1 Å². The van der Waals surface area contributed by atoms with Crippen LogP contribution in [0.5, 0.6) is 6.01 Å². The Balaban J connectivity index is 1.75. The number of amides is 1. The van der Waals surface area contributed by atoms with Crippen LogP contribution >= 0.6 is 0 Å². The first-order valence-electron chi connectivity index (χ1n) is 10.6. The lowest BCUT2D eigenvalue weighted by molar-refractivity contribution is 0.102. The summed E-state index contributed by atoms with van der Waals surface area (Å²) in [4.78, 5) is 24.4. The Morgan fingerprint density at radius 3 is 2.65 bits per heavy atom. The summed E-state index contributed by atoms with van der Waals surface area (Å²) < 4.78 is 7.01. The quantitative estimate of drug-likeness (QED) is 0.651. The number of anilines is 2. The van der Waals surface area contributed by atoms with Crippen LogP contribution in [0.3, 0.4) is 0 Å². The molecule has 1 saturated heterocycles. The number of nitrogens with zero attached hydrogens (tertiary/aromatic N) is 5. The van der Waals surface area contributed by atoms with Crippen molar-refractivity contribution in [2.24, 2.45) is 0 Å². The van der Waals surface area contributed by atoms with Gasteiger partial charge in [0.1, 0.15) is 5.82 Å². The molecule has 1 aliphatic rings. The van der Waals surface area contributed by atoms with Gasteiger partial charge in [-0.3, -0.25) is 4.79 Å². The normalized spacial score (nSPS) is 19.1. The maximum Gasteiger partial charge on any atom is 0.316 e. The largest absolute Gasteiger partial charge is 0.467 e. The number of aromatic nitrogens is 4. The number of benzene rings is 1. The van der Waals surface area contributed by atoms with Crippen LogP contribution in [0.15, 0.2) is 30.6 Å². The van der Waals surface area contributed by atoms with Gasteiger partial charge in [-0.05, 0) is 39.8 Å². The van der Waals surface area contributed by atoms with E-state index in [2.05, 4.69) is 44.4 Å². The Bertz CT molecular complexity index is 1080. The molecule has 0 radical (unpaired) electrons. The van der Waals surface area contributed by atoms with E-state index >= 15 is 0 Å². The highest BCUT2D eigenvalue weighted by molar-refractivity contribution is 6.13. The molecule has 1 fully saturated rings. The van der Waals surface area contributed by atoms with Crippen LogP contribution in [0, 0.1) is 0 Å². The summed E-state index contributed by atoms with van der Waals surface area (Å²) in [6, 6.07) is 6.67. The number of nitrogens with one attached hydrogen (secondary N) is 2. The third-order valence-corrected chi connectivity index (χ3v) is 5.43. The SMILES string of the molecule is COc1ncc2c(N3C[C@@H](C)N[C@@H](C)C3)ccc(C(=O)Nc3ccnn3C(C)C)c2n1. The molecule has 2 aromatic heterocycles. The molecule has 0 unspecified atom stereocenters. The maximum atomic E-state index is 13.2. The molecule has 4 rings (SSSR count). The summed E-state index contributed by atoms with van der Waals surface area (Å²) in [5, 5.41) is 11.6. The molecule has 0 spiro atoms. The molecule has 31 heavy (non-hydrogen) atoms. The van der Waals surface area contributed by atoms with Crippen molar-refractivity contribution in [3.05, 3.63) is 36.2 Å². The zero-order valence-corrected chi connectivity index (χ0v) is 18.6. The number of carbonyl (C=O) groups excluding carboxylic acids is 1. The molecular formula is C22H29N7O2. The van der Waals surface area contributed by atoms with Crippen molar-refractivity contribution in [3.8, 4) is 6.01 Å². The van der Waals surface area contributed by atoms with Gasteiger partial charge >= 0.3 is 6.01 Å². The van der Waals surface area contributed by atoms with Crippen LogP contribution in [0.2, 0.25) is 0 Å². The second-order valence-corrected chi connectivity index (χ2v) is 8.33. The summed E-state index contributed by atoms with van der Waals surface area (Å²) >= 11 is 0. The Morgan fingerprint density at radius 1 is 1.23 bits per heavy atom. The third kappa shape index (κ3) is 4.18. The Labute approximate surface area is 181 Å². The average Bonchev–Trinajstić information content (AvgIpc) is 3.20. The van der Waals surface area contributed by atoms with E-state index in [1.165, 1.54) is 7.11 Å². The molecule has 9 heteroatoms. The molecule has 3 heterocycles. The maximum absolute atomic E-state index is 13.2. The van der Waals surface area contributed by atoms with Crippen molar-refractivity contribution >= 4 is 28.3 Å². The predicted octanol–water partition coefficient (Wildman–Crippen LogP) is 2.85. The van der Waals surface area contributed by atoms with E-state index in [9.17, 15) is 4.79 Å². The lowest BCUT2D eigenvalue weighted by atomic mass is 10.0. The van der Waals surface area contributed by atoms with Gasteiger partial charge in [-0.2, -0.15) is 10.1 Å². The topological polar surface area (TPSA) is 97.2 Å². The monoisotopic (exact) mass is 423 g/mol. The lowest BCUT2D eigenvalue weighted by Crippen LogP contribution is -2.54. The number of methoxy groups -OCH3 is 1. The fraction of sp³-hybridized carbons (Fsp3) is 0.455. The van der Waals surface area contributed by atoms with Gasteiger partial charge in [0.05, 0.1) is 24.4 Å². The predicted molar refractivity (Wildman–Crippen MR) is 121 cm³/mol. The van der Waals surface area contributed by atoms with Crippen LogP contribution in [0.4, 0.5) is 11.5 Å². The standard InChI is InChI=1S/C22H29N7O2/c1-13(2)29-19(8-9-24-29)26-21(30)16-6-7-18(28-11-14(3)25-15(4)12-28)17-10-23-22(31-5)27-20(16)17/h6-10,13-15,25H,11-12H2,1-5H3,(H,26,30)/t14-,15+. The summed E-state index contributed by atoms with van der Waals surface area (Å²) in [6.07, 6.45) is 3.41. The van der Waals surface area contributed by atoms with Crippen molar-refractivity contribution in [1.82, 2.24) is 25.1 Å². The van der Waals surface area contributed by atoms with E-state index < -0.39 is 0 Å². The highest BCUT2D eigenvalue weighted by atomic mass is 16.5. The summed E-state index contributed by atoms with van der Waals surface area (Å²) in [6.45, 7) is 10.1. The number of hydrogen-bond donors (Lipinski definition) is 2. The van der Waals surface area contributed by atoms with Gasteiger partial charge in [-0.15, -0.1) is 0 Å². The van der Waals surface area contributed by atoms with Crippen LogP contribution in [0.25, 0.3) is 10.9 Å². The van der Waals surface area contributed by atoms with E-state index in [0.29, 0.717) is 29.0 Å². The van der Waals surface area contributed by atoms with Gasteiger partial charge in [0.15, 0.2) is 0 Å². The summed E-state index contributed by atoms with van der Waals surface area (Å²) in [5.74, 6) is 0.393. The Morgan fingerprint density at radius 2 is 1.97 bits per heavy atom. The molecule has 0 aliphatic carbocycles. The van der Waals surface area contributed by atoms with Gasteiger partial charge in [-0.1, -0.05) is 0 Å². The molecule has 2 atom stereocenters. The van der Waals surface area contributed by atoms with E-state index in [1.807, 2.05) is 26.0 Å². The number of fused-ring (bicyclic) bond motifs is 1. The minimum Gasteiger partial charge on any atom is -0.467 e. The Kier molecular flexibility index (Phi) is 5.77. The lowest BCUT2D eigenvalue weighted by Gasteiger charge is -2.38. The molecule has 0 bridgehead atoms. The number of hydrogen-bond acceptors (Lipinski definition) is 7. The molecule has 0 saturated carbocycles. The zero-order chi connectivity index (χ0) is 22.1. The van der Waals surface area contributed by atoms with Crippen molar-refractivity contribution in [1.29, 1.82) is 0 Å². The molecule has 9 nitrogen and oxygen atoms in total.